The second-order valence-electron chi connectivity index (χ2n) is 6.14. The molecular weight excluding hydrogens is 402 g/mol. The topological polar surface area (TPSA) is 97.4 Å². The third-order valence-corrected chi connectivity index (χ3v) is 5.34. The van der Waals surface area contributed by atoms with Crippen LogP contribution in [0.4, 0.5) is 11.5 Å². The SMILES string of the molecule is CCOc1ccccc1C=CC(=O)Nc1ccc(S(=O)(=O)Nc2ccccn2)cc1. The molecule has 3 aromatic rings. The van der Waals surface area contributed by atoms with Crippen LogP contribution in [0.1, 0.15) is 12.5 Å². The van der Waals surface area contributed by atoms with Crippen LogP contribution in [0.3, 0.4) is 0 Å². The van der Waals surface area contributed by atoms with Crippen LogP contribution < -0.4 is 14.8 Å². The van der Waals surface area contributed by atoms with Crippen LogP contribution in [0.15, 0.2) is 83.9 Å². The third kappa shape index (κ3) is 5.68. The minimum Gasteiger partial charge on any atom is -0.493 e. The Bertz CT molecular complexity index is 1130. The van der Waals surface area contributed by atoms with Crippen molar-refractivity contribution >= 4 is 33.5 Å². The van der Waals surface area contributed by atoms with Gasteiger partial charge in [0.15, 0.2) is 0 Å². The molecule has 1 heterocycles. The lowest BCUT2D eigenvalue weighted by Crippen LogP contribution is -2.14. The lowest BCUT2D eigenvalue weighted by Gasteiger charge is -2.08. The number of carbonyl (C=O) groups excluding carboxylic acids is 1. The van der Waals surface area contributed by atoms with Crippen molar-refractivity contribution in [3.63, 3.8) is 0 Å². The molecule has 0 fully saturated rings. The number of sulfonamides is 1. The van der Waals surface area contributed by atoms with E-state index in [2.05, 4.69) is 15.0 Å². The summed E-state index contributed by atoms with van der Waals surface area (Å²) in [6.45, 7) is 2.42. The standard InChI is InChI=1S/C22H21N3O4S/c1-2-29-20-8-4-3-7-17(20)10-15-22(26)24-18-11-13-19(14-12-18)30(27,28)25-21-9-5-6-16-23-21/h3-16H,2H2,1H3,(H,23,25)(H,24,26). The van der Waals surface area contributed by atoms with Crippen molar-refractivity contribution in [3.8, 4) is 5.75 Å². The Morgan fingerprint density at radius 1 is 1.03 bits per heavy atom. The number of amides is 1. The second-order valence-corrected chi connectivity index (χ2v) is 7.82. The average molecular weight is 423 g/mol. The number of ether oxygens (including phenoxy) is 1. The smallest absolute Gasteiger partial charge is 0.263 e. The lowest BCUT2D eigenvalue weighted by atomic mass is 10.2. The first-order valence-electron chi connectivity index (χ1n) is 9.23. The molecule has 0 aliphatic carbocycles. The predicted octanol–water partition coefficient (Wildman–Crippen LogP) is 3.93. The summed E-state index contributed by atoms with van der Waals surface area (Å²) in [7, 11) is -3.77. The zero-order valence-electron chi connectivity index (χ0n) is 16.3. The minimum atomic E-state index is -3.77. The highest BCUT2D eigenvalue weighted by Gasteiger charge is 2.14. The van der Waals surface area contributed by atoms with Gasteiger partial charge < -0.3 is 10.1 Å². The van der Waals surface area contributed by atoms with E-state index < -0.39 is 10.0 Å². The first-order valence-corrected chi connectivity index (χ1v) is 10.7. The maximum absolute atomic E-state index is 12.4. The molecule has 3 rings (SSSR count). The molecule has 8 heteroatoms. The number of para-hydroxylation sites is 1. The Labute approximate surface area is 175 Å². The fourth-order valence-electron chi connectivity index (χ4n) is 2.59. The van der Waals surface area contributed by atoms with Gasteiger partial charge >= 0.3 is 0 Å². The molecule has 2 N–H and O–H groups in total. The van der Waals surface area contributed by atoms with Gasteiger partial charge in [-0.1, -0.05) is 24.3 Å². The van der Waals surface area contributed by atoms with Crippen molar-refractivity contribution < 1.29 is 17.9 Å². The summed E-state index contributed by atoms with van der Waals surface area (Å²) in [5, 5.41) is 2.70. The van der Waals surface area contributed by atoms with Crippen LogP contribution in [0, 0.1) is 0 Å². The van der Waals surface area contributed by atoms with Crippen LogP contribution in [0.2, 0.25) is 0 Å². The van der Waals surface area contributed by atoms with Gasteiger partial charge in [-0.2, -0.15) is 0 Å². The number of hydrogen-bond acceptors (Lipinski definition) is 5. The van der Waals surface area contributed by atoms with Gasteiger partial charge in [0, 0.05) is 23.5 Å². The molecule has 154 valence electrons. The zero-order valence-corrected chi connectivity index (χ0v) is 17.1. The molecule has 0 bridgehead atoms. The molecule has 2 aromatic carbocycles. The Balaban J connectivity index is 1.65. The van der Waals surface area contributed by atoms with Gasteiger partial charge in [-0.25, -0.2) is 13.4 Å². The molecule has 1 amide bonds. The van der Waals surface area contributed by atoms with Crippen LogP contribution in [0.25, 0.3) is 6.08 Å². The molecule has 0 aliphatic rings. The lowest BCUT2D eigenvalue weighted by molar-refractivity contribution is -0.111. The molecule has 1 aromatic heterocycles. The third-order valence-electron chi connectivity index (χ3n) is 3.97. The van der Waals surface area contributed by atoms with E-state index in [4.69, 9.17) is 4.74 Å². The van der Waals surface area contributed by atoms with E-state index in [9.17, 15) is 13.2 Å². The van der Waals surface area contributed by atoms with Crippen molar-refractivity contribution in [1.82, 2.24) is 4.98 Å². The molecule has 0 saturated carbocycles. The molecule has 0 saturated heterocycles. The molecular formula is C22H21N3O4S. The fraction of sp³-hybridized carbons (Fsp3) is 0.0909. The highest BCUT2D eigenvalue weighted by atomic mass is 32.2. The summed E-state index contributed by atoms with van der Waals surface area (Å²) in [5.41, 5.74) is 1.26. The van der Waals surface area contributed by atoms with E-state index in [1.165, 1.54) is 36.5 Å². The van der Waals surface area contributed by atoms with E-state index in [-0.39, 0.29) is 16.6 Å². The molecule has 7 nitrogen and oxygen atoms in total. The van der Waals surface area contributed by atoms with Crippen LogP contribution >= 0.6 is 0 Å². The van der Waals surface area contributed by atoms with Gasteiger partial charge in [0.05, 0.1) is 11.5 Å². The summed E-state index contributed by atoms with van der Waals surface area (Å²) >= 11 is 0. The minimum absolute atomic E-state index is 0.0623. The number of rotatable bonds is 8. The number of nitrogens with one attached hydrogen (secondary N) is 2. The van der Waals surface area contributed by atoms with E-state index in [0.717, 1.165) is 5.56 Å². The first kappa shape index (κ1) is 21.1. The largest absolute Gasteiger partial charge is 0.493 e. The highest BCUT2D eigenvalue weighted by molar-refractivity contribution is 7.92. The van der Waals surface area contributed by atoms with Gasteiger partial charge in [-0.3, -0.25) is 9.52 Å². The van der Waals surface area contributed by atoms with Gasteiger partial charge in [-0.05, 0) is 55.5 Å². The van der Waals surface area contributed by atoms with Crippen LogP contribution in [-0.2, 0) is 14.8 Å². The predicted molar refractivity (Wildman–Crippen MR) is 117 cm³/mol. The van der Waals surface area contributed by atoms with E-state index in [1.807, 2.05) is 31.2 Å². The molecule has 0 radical (unpaired) electrons. The van der Waals surface area contributed by atoms with Crippen LogP contribution in [0.5, 0.6) is 5.75 Å². The molecule has 30 heavy (non-hydrogen) atoms. The fourth-order valence-corrected chi connectivity index (χ4v) is 3.60. The van der Waals surface area contributed by atoms with Crippen molar-refractivity contribution in [1.29, 1.82) is 0 Å². The monoisotopic (exact) mass is 423 g/mol. The maximum Gasteiger partial charge on any atom is 0.263 e. The summed E-state index contributed by atoms with van der Waals surface area (Å²) in [4.78, 5) is 16.2. The van der Waals surface area contributed by atoms with Gasteiger partial charge in [0.1, 0.15) is 11.6 Å². The second kappa shape index (κ2) is 9.71. The molecule has 0 unspecified atom stereocenters. The van der Waals surface area contributed by atoms with Gasteiger partial charge in [0.2, 0.25) is 5.91 Å². The quantitative estimate of drug-likeness (QED) is 0.535. The summed E-state index contributed by atoms with van der Waals surface area (Å²) < 4.78 is 32.8. The van der Waals surface area contributed by atoms with Crippen molar-refractivity contribution in [3.05, 3.63) is 84.6 Å². The first-order chi connectivity index (χ1) is 14.5. The summed E-state index contributed by atoms with van der Waals surface area (Å²) in [6.07, 6.45) is 4.55. The van der Waals surface area contributed by atoms with Gasteiger partial charge in [-0.15, -0.1) is 0 Å². The number of benzene rings is 2. The normalized spacial score (nSPS) is 11.2. The molecule has 0 aliphatic heterocycles. The Kier molecular flexibility index (Phi) is 6.82. The van der Waals surface area contributed by atoms with E-state index >= 15 is 0 Å². The summed E-state index contributed by atoms with van der Waals surface area (Å²) in [5.74, 6) is 0.579. The number of nitrogens with zero attached hydrogens (tertiary/aromatic N) is 1. The number of hydrogen-bond donors (Lipinski definition) is 2. The van der Waals surface area contributed by atoms with Crippen molar-refractivity contribution in [2.75, 3.05) is 16.6 Å². The van der Waals surface area contributed by atoms with Crippen molar-refractivity contribution in [2.24, 2.45) is 0 Å². The molecule has 0 atom stereocenters. The zero-order chi connectivity index (χ0) is 21.4. The van der Waals surface area contributed by atoms with E-state index in [1.54, 1.807) is 24.3 Å². The Hall–Kier alpha value is -3.65. The number of anilines is 2. The highest BCUT2D eigenvalue weighted by Crippen LogP contribution is 2.20. The Morgan fingerprint density at radius 2 is 1.77 bits per heavy atom. The summed E-state index contributed by atoms with van der Waals surface area (Å²) in [6, 6.07) is 18.2. The molecule has 0 spiro atoms. The average Bonchev–Trinajstić information content (AvgIpc) is 2.74. The number of pyridine rings is 1. The Morgan fingerprint density at radius 3 is 2.47 bits per heavy atom. The van der Waals surface area contributed by atoms with Crippen molar-refractivity contribution in [2.45, 2.75) is 11.8 Å². The number of carbonyl (C=O) groups is 1. The van der Waals surface area contributed by atoms with Crippen LogP contribution in [-0.4, -0.2) is 25.9 Å². The number of aromatic nitrogens is 1. The van der Waals surface area contributed by atoms with Gasteiger partial charge in [0.25, 0.3) is 10.0 Å². The maximum atomic E-state index is 12.4. The van der Waals surface area contributed by atoms with E-state index in [0.29, 0.717) is 18.0 Å².